The van der Waals surface area contributed by atoms with Crippen molar-refractivity contribution < 1.29 is 4.74 Å². The van der Waals surface area contributed by atoms with E-state index in [0.717, 1.165) is 23.3 Å². The Balaban J connectivity index is 1.63. The van der Waals surface area contributed by atoms with E-state index < -0.39 is 0 Å². The van der Waals surface area contributed by atoms with Gasteiger partial charge in [0.15, 0.2) is 5.96 Å². The molecule has 3 N–H and O–H groups in total. The number of ether oxygens (including phenoxy) is 1. The fourth-order valence-corrected chi connectivity index (χ4v) is 3.03. The fraction of sp³-hybridized carbons (Fsp3) is 0.278. The van der Waals surface area contributed by atoms with Gasteiger partial charge in [-0.1, -0.05) is 30.3 Å². The summed E-state index contributed by atoms with van der Waals surface area (Å²) in [7, 11) is 0. The standard InChI is InChI=1S/C18H21N3OS/c1-23-14-8-6-13(7-9-14)12-20-18(19)21-16-10-11-22-17-5-3-2-4-15(16)17/h2-9,16H,10-12H2,1H3,(H3,19,20,21). The number of para-hydroxylation sites is 1. The summed E-state index contributed by atoms with van der Waals surface area (Å²) in [6, 6.07) is 16.6. The summed E-state index contributed by atoms with van der Waals surface area (Å²) in [5.41, 5.74) is 8.35. The van der Waals surface area contributed by atoms with Crippen molar-refractivity contribution in [2.24, 2.45) is 10.7 Å². The number of hydrogen-bond acceptors (Lipinski definition) is 3. The molecule has 0 saturated carbocycles. The van der Waals surface area contributed by atoms with Gasteiger partial charge >= 0.3 is 0 Å². The van der Waals surface area contributed by atoms with Crippen molar-refractivity contribution in [3.05, 3.63) is 59.7 Å². The lowest BCUT2D eigenvalue weighted by molar-refractivity contribution is 0.262. The Morgan fingerprint density at radius 3 is 2.83 bits per heavy atom. The van der Waals surface area contributed by atoms with E-state index in [1.807, 2.05) is 18.2 Å². The van der Waals surface area contributed by atoms with Crippen LogP contribution in [0.1, 0.15) is 23.6 Å². The smallest absolute Gasteiger partial charge is 0.189 e. The SMILES string of the molecule is CSc1ccc(CN=C(N)NC2CCOc3ccccc32)cc1. The molecule has 4 nitrogen and oxygen atoms in total. The van der Waals surface area contributed by atoms with E-state index in [-0.39, 0.29) is 6.04 Å². The van der Waals surface area contributed by atoms with Gasteiger partial charge in [0.25, 0.3) is 0 Å². The van der Waals surface area contributed by atoms with Crippen LogP contribution in [0.5, 0.6) is 5.75 Å². The van der Waals surface area contributed by atoms with E-state index in [1.54, 1.807) is 11.8 Å². The van der Waals surface area contributed by atoms with Crippen molar-refractivity contribution >= 4 is 17.7 Å². The number of fused-ring (bicyclic) bond motifs is 1. The van der Waals surface area contributed by atoms with E-state index in [4.69, 9.17) is 10.5 Å². The molecule has 0 fully saturated rings. The molecular formula is C18H21N3OS. The third-order valence-corrected chi connectivity index (χ3v) is 4.62. The van der Waals surface area contributed by atoms with Crippen molar-refractivity contribution in [2.75, 3.05) is 12.9 Å². The van der Waals surface area contributed by atoms with Gasteiger partial charge in [-0.3, -0.25) is 0 Å². The predicted molar refractivity (Wildman–Crippen MR) is 96.0 cm³/mol. The zero-order valence-corrected chi connectivity index (χ0v) is 14.0. The highest BCUT2D eigenvalue weighted by Crippen LogP contribution is 2.31. The van der Waals surface area contributed by atoms with Crippen LogP contribution in [0.15, 0.2) is 58.4 Å². The van der Waals surface area contributed by atoms with Gasteiger partial charge in [0.05, 0.1) is 19.2 Å². The first-order valence-corrected chi connectivity index (χ1v) is 8.90. The van der Waals surface area contributed by atoms with Crippen molar-refractivity contribution in [1.82, 2.24) is 5.32 Å². The molecule has 0 amide bonds. The Bertz CT molecular complexity index is 685. The van der Waals surface area contributed by atoms with Gasteiger partial charge in [-0.05, 0) is 30.0 Å². The molecule has 1 heterocycles. The average molecular weight is 327 g/mol. The molecule has 1 aliphatic heterocycles. The Morgan fingerprint density at radius 1 is 1.26 bits per heavy atom. The Kier molecular flexibility index (Phi) is 5.08. The van der Waals surface area contributed by atoms with E-state index in [2.05, 4.69) is 46.9 Å². The molecule has 1 atom stereocenters. The summed E-state index contributed by atoms with van der Waals surface area (Å²) >= 11 is 1.73. The molecular weight excluding hydrogens is 306 g/mol. The third kappa shape index (κ3) is 3.99. The van der Waals surface area contributed by atoms with E-state index >= 15 is 0 Å². The van der Waals surface area contributed by atoms with Crippen LogP contribution < -0.4 is 15.8 Å². The lowest BCUT2D eigenvalue weighted by Crippen LogP contribution is -2.37. The van der Waals surface area contributed by atoms with Crippen LogP contribution in [0, 0.1) is 0 Å². The van der Waals surface area contributed by atoms with Gasteiger partial charge < -0.3 is 15.8 Å². The number of aliphatic imine (C=N–C) groups is 1. The van der Waals surface area contributed by atoms with Crippen LogP contribution >= 0.6 is 11.8 Å². The zero-order valence-electron chi connectivity index (χ0n) is 13.2. The highest BCUT2D eigenvalue weighted by atomic mass is 32.2. The van der Waals surface area contributed by atoms with Crippen LogP contribution in [0.2, 0.25) is 0 Å². The number of nitrogens with zero attached hydrogens (tertiary/aromatic N) is 1. The monoisotopic (exact) mass is 327 g/mol. The molecule has 0 radical (unpaired) electrons. The minimum Gasteiger partial charge on any atom is -0.493 e. The predicted octanol–water partition coefficient (Wildman–Crippen LogP) is 3.34. The van der Waals surface area contributed by atoms with Crippen LogP contribution in [0.25, 0.3) is 0 Å². The first-order chi connectivity index (χ1) is 11.3. The van der Waals surface area contributed by atoms with Gasteiger partial charge in [-0.15, -0.1) is 11.8 Å². The largest absolute Gasteiger partial charge is 0.493 e. The van der Waals surface area contributed by atoms with Gasteiger partial charge in [0.2, 0.25) is 0 Å². The molecule has 2 aromatic carbocycles. The third-order valence-electron chi connectivity index (χ3n) is 3.87. The molecule has 23 heavy (non-hydrogen) atoms. The van der Waals surface area contributed by atoms with Crippen LogP contribution in [0.4, 0.5) is 0 Å². The van der Waals surface area contributed by atoms with E-state index in [0.29, 0.717) is 19.1 Å². The quantitative estimate of drug-likeness (QED) is 0.514. The Hall–Kier alpha value is -2.14. The molecule has 120 valence electrons. The van der Waals surface area contributed by atoms with E-state index in [1.165, 1.54) is 4.90 Å². The van der Waals surface area contributed by atoms with Crippen molar-refractivity contribution in [1.29, 1.82) is 0 Å². The normalized spacial score (nSPS) is 17.3. The number of rotatable bonds is 4. The summed E-state index contributed by atoms with van der Waals surface area (Å²) in [5.74, 6) is 1.40. The van der Waals surface area contributed by atoms with Crippen LogP contribution in [0.3, 0.4) is 0 Å². The first-order valence-electron chi connectivity index (χ1n) is 7.67. The summed E-state index contributed by atoms with van der Waals surface area (Å²) in [6.45, 7) is 1.27. The van der Waals surface area contributed by atoms with Gasteiger partial charge in [-0.2, -0.15) is 0 Å². The highest BCUT2D eigenvalue weighted by molar-refractivity contribution is 7.98. The number of nitrogens with one attached hydrogen (secondary N) is 1. The zero-order chi connectivity index (χ0) is 16.1. The van der Waals surface area contributed by atoms with Crippen LogP contribution in [-0.4, -0.2) is 18.8 Å². The van der Waals surface area contributed by atoms with Crippen molar-refractivity contribution in [3.8, 4) is 5.75 Å². The molecule has 0 saturated heterocycles. The van der Waals surface area contributed by atoms with Crippen LogP contribution in [-0.2, 0) is 6.54 Å². The van der Waals surface area contributed by atoms with Gasteiger partial charge in [0, 0.05) is 16.9 Å². The summed E-state index contributed by atoms with van der Waals surface area (Å²) in [4.78, 5) is 5.71. The van der Waals surface area contributed by atoms with E-state index in [9.17, 15) is 0 Å². The lowest BCUT2D eigenvalue weighted by atomic mass is 10.0. The second-order valence-electron chi connectivity index (χ2n) is 5.42. The lowest BCUT2D eigenvalue weighted by Gasteiger charge is -2.26. The molecule has 0 aliphatic carbocycles. The number of guanidine groups is 1. The summed E-state index contributed by atoms with van der Waals surface area (Å²) in [5, 5.41) is 3.31. The number of hydrogen-bond donors (Lipinski definition) is 2. The maximum atomic E-state index is 6.06. The highest BCUT2D eigenvalue weighted by Gasteiger charge is 2.21. The molecule has 5 heteroatoms. The Morgan fingerprint density at radius 2 is 2.04 bits per heavy atom. The van der Waals surface area contributed by atoms with Gasteiger partial charge in [0.1, 0.15) is 5.75 Å². The fourth-order valence-electron chi connectivity index (χ4n) is 2.62. The second-order valence-corrected chi connectivity index (χ2v) is 6.30. The van der Waals surface area contributed by atoms with Gasteiger partial charge in [-0.25, -0.2) is 4.99 Å². The molecule has 0 bridgehead atoms. The molecule has 0 aromatic heterocycles. The topological polar surface area (TPSA) is 59.6 Å². The number of benzene rings is 2. The Labute approximate surface area is 141 Å². The number of thioether (sulfide) groups is 1. The molecule has 0 spiro atoms. The molecule has 1 aliphatic rings. The minimum atomic E-state index is 0.155. The maximum absolute atomic E-state index is 6.06. The maximum Gasteiger partial charge on any atom is 0.189 e. The van der Waals surface area contributed by atoms with Crippen molar-refractivity contribution in [3.63, 3.8) is 0 Å². The molecule has 3 rings (SSSR count). The first kappa shape index (κ1) is 15.7. The number of nitrogens with two attached hydrogens (primary N) is 1. The average Bonchev–Trinajstić information content (AvgIpc) is 2.61. The molecule has 2 aromatic rings. The summed E-state index contributed by atoms with van der Waals surface area (Å²) in [6.07, 6.45) is 2.95. The molecule has 1 unspecified atom stereocenters. The van der Waals surface area contributed by atoms with Crippen molar-refractivity contribution in [2.45, 2.75) is 23.9 Å². The minimum absolute atomic E-state index is 0.155. The second kappa shape index (κ2) is 7.42. The summed E-state index contributed by atoms with van der Waals surface area (Å²) < 4.78 is 5.66.